The normalized spacial score (nSPS) is 10.5. The molecule has 2 N–H and O–H groups in total. The van der Waals surface area contributed by atoms with Gasteiger partial charge in [-0.05, 0) is 46.1 Å². The molecular formula is C13H13BrN2O. The number of anilines is 1. The molecule has 0 bridgehead atoms. The van der Waals surface area contributed by atoms with Crippen molar-refractivity contribution in [1.82, 2.24) is 4.57 Å². The predicted molar refractivity (Wildman–Crippen MR) is 73.1 cm³/mol. The number of rotatable bonds is 2. The molecule has 0 unspecified atom stereocenters. The molecule has 3 nitrogen and oxygen atoms in total. The second-order valence-electron chi connectivity index (χ2n) is 3.99. The van der Waals surface area contributed by atoms with Crippen molar-refractivity contribution in [2.75, 3.05) is 5.73 Å². The number of hydrogen-bond donors (Lipinski definition) is 1. The van der Waals surface area contributed by atoms with Gasteiger partial charge in [0.25, 0.3) is 5.56 Å². The molecule has 2 aromatic rings. The lowest BCUT2D eigenvalue weighted by Gasteiger charge is -2.09. The van der Waals surface area contributed by atoms with Gasteiger partial charge in [-0.2, -0.15) is 0 Å². The number of nitrogens with two attached hydrogens (primary N) is 1. The minimum atomic E-state index is -0.000625. The van der Waals surface area contributed by atoms with E-state index in [1.165, 1.54) is 0 Å². The summed E-state index contributed by atoms with van der Waals surface area (Å²) in [6, 6.07) is 9.20. The van der Waals surface area contributed by atoms with Crippen LogP contribution in [0.25, 0.3) is 0 Å². The molecule has 0 aliphatic rings. The van der Waals surface area contributed by atoms with Gasteiger partial charge in [0, 0.05) is 22.4 Å². The fourth-order valence-corrected chi connectivity index (χ4v) is 2.03. The highest BCUT2D eigenvalue weighted by Gasteiger charge is 2.04. The van der Waals surface area contributed by atoms with Crippen LogP contribution in [0.3, 0.4) is 0 Å². The molecule has 0 atom stereocenters. The highest BCUT2D eigenvalue weighted by atomic mass is 79.9. The van der Waals surface area contributed by atoms with Crippen LogP contribution in [0, 0.1) is 6.92 Å². The first-order chi connectivity index (χ1) is 8.08. The van der Waals surface area contributed by atoms with Crippen molar-refractivity contribution < 1.29 is 0 Å². The lowest BCUT2D eigenvalue weighted by molar-refractivity contribution is 0.755. The molecule has 0 fully saturated rings. The van der Waals surface area contributed by atoms with E-state index in [4.69, 9.17) is 5.73 Å². The van der Waals surface area contributed by atoms with Crippen molar-refractivity contribution in [2.45, 2.75) is 13.5 Å². The van der Waals surface area contributed by atoms with E-state index in [0.29, 0.717) is 12.2 Å². The zero-order chi connectivity index (χ0) is 12.4. The molecule has 0 saturated heterocycles. The Bertz CT molecular complexity index is 605. The number of halogens is 1. The summed E-state index contributed by atoms with van der Waals surface area (Å²) in [5.41, 5.74) is 8.45. The summed E-state index contributed by atoms with van der Waals surface area (Å²) in [5.74, 6) is 0. The van der Waals surface area contributed by atoms with E-state index in [9.17, 15) is 4.79 Å². The van der Waals surface area contributed by atoms with Gasteiger partial charge >= 0.3 is 0 Å². The maximum Gasteiger partial charge on any atom is 0.251 e. The van der Waals surface area contributed by atoms with Crippen molar-refractivity contribution in [3.8, 4) is 0 Å². The summed E-state index contributed by atoms with van der Waals surface area (Å²) in [5, 5.41) is 0. The number of nitrogen functional groups attached to an aromatic ring is 1. The molecule has 2 rings (SSSR count). The Morgan fingerprint density at radius 1 is 1.35 bits per heavy atom. The molecule has 1 aromatic heterocycles. The summed E-state index contributed by atoms with van der Waals surface area (Å²) < 4.78 is 2.51. The Labute approximate surface area is 108 Å². The van der Waals surface area contributed by atoms with Crippen molar-refractivity contribution in [3.63, 3.8) is 0 Å². The van der Waals surface area contributed by atoms with Crippen molar-refractivity contribution >= 4 is 21.6 Å². The zero-order valence-electron chi connectivity index (χ0n) is 9.48. The van der Waals surface area contributed by atoms with Crippen LogP contribution in [0.15, 0.2) is 45.8 Å². The third-order valence-electron chi connectivity index (χ3n) is 2.60. The van der Waals surface area contributed by atoms with Gasteiger partial charge in [0.15, 0.2) is 0 Å². The van der Waals surface area contributed by atoms with E-state index < -0.39 is 0 Å². The number of pyridine rings is 1. The Morgan fingerprint density at radius 2 is 2.12 bits per heavy atom. The van der Waals surface area contributed by atoms with E-state index in [1.54, 1.807) is 16.8 Å². The average Bonchev–Trinajstić information content (AvgIpc) is 2.28. The Hall–Kier alpha value is -1.55. The topological polar surface area (TPSA) is 48.0 Å². The van der Waals surface area contributed by atoms with Crippen LogP contribution in [0.2, 0.25) is 0 Å². The molecule has 1 aromatic carbocycles. The second kappa shape index (κ2) is 4.75. The first-order valence-electron chi connectivity index (χ1n) is 5.28. The Morgan fingerprint density at radius 3 is 2.82 bits per heavy atom. The van der Waals surface area contributed by atoms with Gasteiger partial charge in [-0.15, -0.1) is 0 Å². The first kappa shape index (κ1) is 11.9. The van der Waals surface area contributed by atoms with E-state index in [1.807, 2.05) is 31.2 Å². The minimum absolute atomic E-state index is 0.000625. The van der Waals surface area contributed by atoms with Crippen LogP contribution in [0.4, 0.5) is 5.69 Å². The summed E-state index contributed by atoms with van der Waals surface area (Å²) in [6.45, 7) is 2.42. The fraction of sp³-hybridized carbons (Fsp3) is 0.154. The monoisotopic (exact) mass is 292 g/mol. The highest BCUT2D eigenvalue weighted by molar-refractivity contribution is 9.10. The standard InChI is InChI=1S/C13H13BrN2O/c1-9-5-6-16(12(17)7-9)8-10-3-2-4-11(15)13(10)14/h2-7H,8,15H2,1H3. The molecule has 88 valence electrons. The molecule has 1 heterocycles. The van der Waals surface area contributed by atoms with E-state index in [2.05, 4.69) is 15.9 Å². The third kappa shape index (κ3) is 2.58. The minimum Gasteiger partial charge on any atom is -0.398 e. The second-order valence-corrected chi connectivity index (χ2v) is 4.78. The SMILES string of the molecule is Cc1ccn(Cc2cccc(N)c2Br)c(=O)c1. The van der Waals surface area contributed by atoms with E-state index >= 15 is 0 Å². The number of nitrogens with zero attached hydrogens (tertiary/aromatic N) is 1. The maximum absolute atomic E-state index is 11.8. The van der Waals surface area contributed by atoms with Gasteiger partial charge in [-0.1, -0.05) is 12.1 Å². The smallest absolute Gasteiger partial charge is 0.251 e. The van der Waals surface area contributed by atoms with Crippen molar-refractivity contribution in [2.24, 2.45) is 0 Å². The van der Waals surface area contributed by atoms with Crippen LogP contribution in [0.1, 0.15) is 11.1 Å². The molecule has 0 spiro atoms. The highest BCUT2D eigenvalue weighted by Crippen LogP contribution is 2.24. The lowest BCUT2D eigenvalue weighted by atomic mass is 10.2. The number of benzene rings is 1. The van der Waals surface area contributed by atoms with E-state index in [0.717, 1.165) is 15.6 Å². The summed E-state index contributed by atoms with van der Waals surface area (Å²) in [7, 11) is 0. The first-order valence-corrected chi connectivity index (χ1v) is 6.07. The van der Waals surface area contributed by atoms with Crippen LogP contribution >= 0.6 is 15.9 Å². The van der Waals surface area contributed by atoms with Crippen LogP contribution in [-0.4, -0.2) is 4.57 Å². The quantitative estimate of drug-likeness (QED) is 0.865. The number of aryl methyl sites for hydroxylation is 1. The van der Waals surface area contributed by atoms with Crippen LogP contribution in [0.5, 0.6) is 0 Å². The van der Waals surface area contributed by atoms with Gasteiger partial charge < -0.3 is 10.3 Å². The summed E-state index contributed by atoms with van der Waals surface area (Å²) >= 11 is 3.44. The Kier molecular flexibility index (Phi) is 3.33. The van der Waals surface area contributed by atoms with E-state index in [-0.39, 0.29) is 5.56 Å². The molecule has 17 heavy (non-hydrogen) atoms. The maximum atomic E-state index is 11.8. The molecular weight excluding hydrogens is 280 g/mol. The number of hydrogen-bond acceptors (Lipinski definition) is 2. The van der Waals surface area contributed by atoms with Crippen molar-refractivity contribution in [3.05, 3.63) is 62.5 Å². The van der Waals surface area contributed by atoms with Crippen LogP contribution < -0.4 is 11.3 Å². The summed E-state index contributed by atoms with van der Waals surface area (Å²) in [4.78, 5) is 11.8. The lowest BCUT2D eigenvalue weighted by Crippen LogP contribution is -2.19. The Balaban J connectivity index is 2.38. The third-order valence-corrected chi connectivity index (χ3v) is 3.57. The van der Waals surface area contributed by atoms with Gasteiger partial charge in [-0.3, -0.25) is 4.79 Å². The fourth-order valence-electron chi connectivity index (χ4n) is 1.64. The van der Waals surface area contributed by atoms with Crippen LogP contribution in [-0.2, 0) is 6.54 Å². The summed E-state index contributed by atoms with van der Waals surface area (Å²) in [6.07, 6.45) is 1.80. The molecule has 0 radical (unpaired) electrons. The van der Waals surface area contributed by atoms with Gasteiger partial charge in [0.2, 0.25) is 0 Å². The molecule has 0 aliphatic heterocycles. The molecule has 0 aliphatic carbocycles. The van der Waals surface area contributed by atoms with Gasteiger partial charge in [0.1, 0.15) is 0 Å². The van der Waals surface area contributed by atoms with Gasteiger partial charge in [-0.25, -0.2) is 0 Å². The molecule has 4 heteroatoms. The largest absolute Gasteiger partial charge is 0.398 e. The van der Waals surface area contributed by atoms with Crippen molar-refractivity contribution in [1.29, 1.82) is 0 Å². The number of aromatic nitrogens is 1. The molecule has 0 saturated carbocycles. The van der Waals surface area contributed by atoms with Gasteiger partial charge in [0.05, 0.1) is 6.54 Å². The zero-order valence-corrected chi connectivity index (χ0v) is 11.1. The molecule has 0 amide bonds. The predicted octanol–water partition coefficient (Wildman–Crippen LogP) is 2.55. The average molecular weight is 293 g/mol.